The summed E-state index contributed by atoms with van der Waals surface area (Å²) in [5, 5.41) is 39.9. The highest BCUT2D eigenvalue weighted by atomic mass is 16.7. The van der Waals surface area contributed by atoms with E-state index in [1.165, 1.54) is 13.2 Å². The van der Waals surface area contributed by atoms with Gasteiger partial charge in [-0.25, -0.2) is 4.79 Å². The summed E-state index contributed by atoms with van der Waals surface area (Å²) in [6, 6.07) is 3.55. The van der Waals surface area contributed by atoms with Crippen LogP contribution in [-0.4, -0.2) is 71.3 Å². The standard InChI is InChI=1S/C25H36O8/c1-16-10-12-21(28)24(29)20(27)9-6-8-19-18(7-4-5-14-26)11-13-22(32-15-31-3)23(19)25(30)33-17(16)2/h6,8,10-13,16-17,20-21,24,26-29H,4-5,7,9,14-15H2,1-3H3/b8-6?,12-10-/t16-,17+,20+,21?,24+/m1/s1. The molecule has 0 saturated carbocycles. The number of benzene rings is 1. The number of aliphatic hydroxyl groups is 4. The molecule has 0 bridgehead atoms. The maximum Gasteiger partial charge on any atom is 0.342 e. The van der Waals surface area contributed by atoms with Gasteiger partial charge in [0, 0.05) is 19.6 Å². The minimum atomic E-state index is -1.36. The van der Waals surface area contributed by atoms with Crippen LogP contribution in [0.4, 0.5) is 0 Å². The van der Waals surface area contributed by atoms with Gasteiger partial charge in [-0.1, -0.05) is 37.3 Å². The van der Waals surface area contributed by atoms with Gasteiger partial charge in [0.1, 0.15) is 29.6 Å². The molecular weight excluding hydrogens is 428 g/mol. The molecule has 5 atom stereocenters. The molecule has 0 radical (unpaired) electrons. The third kappa shape index (κ3) is 7.65. The Hall–Kier alpha value is -2.23. The van der Waals surface area contributed by atoms with Crippen molar-refractivity contribution in [3.05, 3.63) is 47.1 Å². The molecule has 1 aromatic rings. The van der Waals surface area contributed by atoms with E-state index in [2.05, 4.69) is 0 Å². The van der Waals surface area contributed by atoms with Crippen LogP contribution in [0.3, 0.4) is 0 Å². The summed E-state index contributed by atoms with van der Waals surface area (Å²) < 4.78 is 16.4. The lowest BCUT2D eigenvalue weighted by Gasteiger charge is -2.23. The van der Waals surface area contributed by atoms with Crippen molar-refractivity contribution in [2.24, 2.45) is 5.92 Å². The van der Waals surface area contributed by atoms with Gasteiger partial charge in [0.2, 0.25) is 0 Å². The Kier molecular flexibility index (Phi) is 11.0. The van der Waals surface area contributed by atoms with Crippen molar-refractivity contribution in [2.45, 2.75) is 63.9 Å². The summed E-state index contributed by atoms with van der Waals surface area (Å²) in [6.07, 6.45) is 4.06. The summed E-state index contributed by atoms with van der Waals surface area (Å²) in [7, 11) is 1.48. The number of methoxy groups -OCH3 is 1. The van der Waals surface area contributed by atoms with Crippen LogP contribution in [0.15, 0.2) is 30.4 Å². The molecule has 0 aliphatic carbocycles. The van der Waals surface area contributed by atoms with Crippen LogP contribution in [0, 0.1) is 5.92 Å². The van der Waals surface area contributed by atoms with Crippen LogP contribution in [0.2, 0.25) is 0 Å². The number of fused-ring (bicyclic) bond motifs is 1. The molecule has 1 aliphatic heterocycles. The molecule has 184 valence electrons. The fraction of sp³-hybridized carbons (Fsp3) is 0.560. The molecule has 8 nitrogen and oxygen atoms in total. The van der Waals surface area contributed by atoms with E-state index < -0.39 is 30.4 Å². The summed E-state index contributed by atoms with van der Waals surface area (Å²) in [5.74, 6) is -0.507. The highest BCUT2D eigenvalue weighted by molar-refractivity contribution is 5.97. The topological polar surface area (TPSA) is 126 Å². The molecule has 1 aliphatic rings. The van der Waals surface area contributed by atoms with Crippen molar-refractivity contribution in [2.75, 3.05) is 20.5 Å². The fourth-order valence-electron chi connectivity index (χ4n) is 3.52. The number of aliphatic hydroxyl groups excluding tert-OH is 4. The predicted octanol–water partition coefficient (Wildman–Crippen LogP) is 2.22. The number of hydrogen-bond donors (Lipinski definition) is 4. The Labute approximate surface area is 195 Å². The van der Waals surface area contributed by atoms with E-state index >= 15 is 0 Å². The molecule has 1 unspecified atom stereocenters. The molecule has 33 heavy (non-hydrogen) atoms. The van der Waals surface area contributed by atoms with E-state index in [0.717, 1.165) is 12.0 Å². The fourth-order valence-corrected chi connectivity index (χ4v) is 3.52. The van der Waals surface area contributed by atoms with Crippen molar-refractivity contribution in [3.8, 4) is 5.75 Å². The monoisotopic (exact) mass is 464 g/mol. The average Bonchev–Trinajstić information content (AvgIpc) is 2.80. The molecule has 0 spiro atoms. The minimum absolute atomic E-state index is 0.0508. The van der Waals surface area contributed by atoms with Crippen molar-refractivity contribution >= 4 is 12.0 Å². The Morgan fingerprint density at radius 1 is 1.12 bits per heavy atom. The van der Waals surface area contributed by atoms with E-state index in [1.807, 2.05) is 13.0 Å². The van der Waals surface area contributed by atoms with Gasteiger partial charge in [-0.3, -0.25) is 0 Å². The number of esters is 1. The summed E-state index contributed by atoms with van der Waals surface area (Å²) in [4.78, 5) is 13.3. The zero-order chi connectivity index (χ0) is 24.4. The van der Waals surface area contributed by atoms with Gasteiger partial charge in [0.15, 0.2) is 6.79 Å². The number of rotatable bonds is 7. The van der Waals surface area contributed by atoms with E-state index in [9.17, 15) is 20.1 Å². The van der Waals surface area contributed by atoms with E-state index in [0.29, 0.717) is 24.2 Å². The molecule has 4 N–H and O–H groups in total. The molecule has 1 heterocycles. The number of cyclic esters (lactones) is 1. The van der Waals surface area contributed by atoms with Crippen LogP contribution in [-0.2, 0) is 15.9 Å². The first-order chi connectivity index (χ1) is 15.8. The zero-order valence-corrected chi connectivity index (χ0v) is 19.5. The van der Waals surface area contributed by atoms with Crippen molar-refractivity contribution in [1.29, 1.82) is 0 Å². The maximum absolute atomic E-state index is 13.3. The Balaban J connectivity index is 2.57. The number of aryl methyl sites for hydroxylation is 1. The summed E-state index contributed by atoms with van der Waals surface area (Å²) >= 11 is 0. The number of ether oxygens (including phenoxy) is 3. The average molecular weight is 465 g/mol. The minimum Gasteiger partial charge on any atom is -0.467 e. The molecule has 2 rings (SSSR count). The van der Waals surface area contributed by atoms with Gasteiger partial charge >= 0.3 is 5.97 Å². The molecule has 0 aromatic heterocycles. The van der Waals surface area contributed by atoms with Gasteiger partial charge in [0.05, 0.1) is 6.10 Å². The summed E-state index contributed by atoms with van der Waals surface area (Å²) in [6.45, 7) is 3.59. The molecule has 0 amide bonds. The lowest BCUT2D eigenvalue weighted by atomic mass is 9.94. The molecule has 1 aromatic carbocycles. The van der Waals surface area contributed by atoms with Gasteiger partial charge in [-0.15, -0.1) is 0 Å². The van der Waals surface area contributed by atoms with Gasteiger partial charge < -0.3 is 34.6 Å². The van der Waals surface area contributed by atoms with Crippen LogP contribution < -0.4 is 4.74 Å². The first kappa shape index (κ1) is 27.0. The van der Waals surface area contributed by atoms with Crippen LogP contribution in [0.25, 0.3) is 6.08 Å². The SMILES string of the molecule is COCOc1ccc(CCCCO)c2c1C(=O)O[C@@H](C)[C@H](C)/C=C\C(O)[C@@H](O)[C@@H](O)CC=C2. The molecule has 8 heteroatoms. The second-order valence-electron chi connectivity index (χ2n) is 8.28. The van der Waals surface area contributed by atoms with Gasteiger partial charge in [-0.05, 0) is 49.8 Å². The zero-order valence-electron chi connectivity index (χ0n) is 19.5. The van der Waals surface area contributed by atoms with Gasteiger partial charge in [-0.2, -0.15) is 0 Å². The molecule has 0 saturated heterocycles. The van der Waals surface area contributed by atoms with Gasteiger partial charge in [0.25, 0.3) is 0 Å². The lowest BCUT2D eigenvalue weighted by molar-refractivity contribution is -0.0395. The largest absolute Gasteiger partial charge is 0.467 e. The Bertz CT molecular complexity index is 819. The van der Waals surface area contributed by atoms with Crippen LogP contribution in [0.5, 0.6) is 5.75 Å². The van der Waals surface area contributed by atoms with Crippen LogP contribution >= 0.6 is 0 Å². The number of carbonyl (C=O) groups excluding carboxylic acids is 1. The Morgan fingerprint density at radius 3 is 2.58 bits per heavy atom. The lowest BCUT2D eigenvalue weighted by Crippen LogP contribution is -2.36. The van der Waals surface area contributed by atoms with E-state index in [4.69, 9.17) is 19.3 Å². The quantitative estimate of drug-likeness (QED) is 0.210. The third-order valence-corrected chi connectivity index (χ3v) is 5.74. The normalized spacial score (nSPS) is 27.4. The third-order valence-electron chi connectivity index (χ3n) is 5.74. The number of hydrogen-bond acceptors (Lipinski definition) is 8. The van der Waals surface area contributed by atoms with Crippen molar-refractivity contribution in [1.82, 2.24) is 0 Å². The predicted molar refractivity (Wildman–Crippen MR) is 124 cm³/mol. The van der Waals surface area contributed by atoms with Crippen molar-refractivity contribution < 1.29 is 39.4 Å². The molecule has 0 fully saturated rings. The van der Waals surface area contributed by atoms with Crippen molar-refractivity contribution in [3.63, 3.8) is 0 Å². The smallest absolute Gasteiger partial charge is 0.342 e. The number of unbranched alkanes of at least 4 members (excludes halogenated alkanes) is 1. The maximum atomic E-state index is 13.3. The first-order valence-corrected chi connectivity index (χ1v) is 11.3. The molecular formula is C25H36O8. The second-order valence-corrected chi connectivity index (χ2v) is 8.28. The van der Waals surface area contributed by atoms with Crippen LogP contribution in [0.1, 0.15) is 54.6 Å². The highest BCUT2D eigenvalue weighted by Crippen LogP contribution is 2.31. The summed E-state index contributed by atoms with van der Waals surface area (Å²) in [5.41, 5.74) is 1.69. The first-order valence-electron chi connectivity index (χ1n) is 11.3. The van der Waals surface area contributed by atoms with E-state index in [-0.39, 0.29) is 31.3 Å². The second kappa shape index (κ2) is 13.5. The Morgan fingerprint density at radius 2 is 1.88 bits per heavy atom. The highest BCUT2D eigenvalue weighted by Gasteiger charge is 2.26. The van der Waals surface area contributed by atoms with E-state index in [1.54, 1.807) is 31.2 Å². The number of carbonyl (C=O) groups is 1.